The largest absolute Gasteiger partial charge is 0.492 e. The van der Waals surface area contributed by atoms with Gasteiger partial charge < -0.3 is 10.1 Å². The molecule has 4 nitrogen and oxygen atoms in total. The first kappa shape index (κ1) is 12.9. The molecule has 1 aromatic rings. The number of carbonyl (C=O) groups is 1. The molecule has 2 N–H and O–H groups in total. The van der Waals surface area contributed by atoms with E-state index >= 15 is 0 Å². The highest BCUT2D eigenvalue weighted by atomic mass is 35.5. The third kappa shape index (κ3) is 3.03. The lowest BCUT2D eigenvalue weighted by Gasteiger charge is -2.12. The topological polar surface area (TPSA) is 50.4 Å². The van der Waals surface area contributed by atoms with Crippen molar-refractivity contribution in [3.63, 3.8) is 0 Å². The van der Waals surface area contributed by atoms with E-state index in [0.717, 1.165) is 6.54 Å². The number of hydrogen-bond donors (Lipinski definition) is 2. The first-order valence-corrected chi connectivity index (χ1v) is 6.21. The molecular formula is C13H15ClN2O2. The first-order valence-electron chi connectivity index (χ1n) is 5.84. The van der Waals surface area contributed by atoms with Crippen molar-refractivity contribution in [2.45, 2.75) is 13.0 Å². The third-order valence-electron chi connectivity index (χ3n) is 2.57. The lowest BCUT2D eigenvalue weighted by molar-refractivity contribution is -0.116. The number of halogens is 1. The molecule has 1 aliphatic rings. The average Bonchev–Trinajstić information content (AvgIpc) is 2.86. The van der Waals surface area contributed by atoms with E-state index in [-0.39, 0.29) is 11.9 Å². The van der Waals surface area contributed by atoms with Crippen molar-refractivity contribution in [2.75, 3.05) is 18.5 Å². The van der Waals surface area contributed by atoms with E-state index in [9.17, 15) is 4.79 Å². The van der Waals surface area contributed by atoms with Crippen LogP contribution in [0, 0.1) is 0 Å². The fraction of sp³-hybridized carbons (Fsp3) is 0.308. The van der Waals surface area contributed by atoms with E-state index in [4.69, 9.17) is 16.3 Å². The molecule has 0 saturated heterocycles. The lowest BCUT2D eigenvalue weighted by Crippen LogP contribution is -2.35. The summed E-state index contributed by atoms with van der Waals surface area (Å²) in [5, 5.41) is 6.33. The molecule has 0 aliphatic carbocycles. The molecule has 1 heterocycles. The number of nitrogens with one attached hydrogen (secondary N) is 2. The van der Waals surface area contributed by atoms with Gasteiger partial charge in [0.05, 0.1) is 11.6 Å². The summed E-state index contributed by atoms with van der Waals surface area (Å²) in [6.07, 6.45) is 3.76. The maximum atomic E-state index is 11.8. The van der Waals surface area contributed by atoms with Crippen molar-refractivity contribution < 1.29 is 9.53 Å². The number of anilines is 1. The monoisotopic (exact) mass is 266 g/mol. The summed E-state index contributed by atoms with van der Waals surface area (Å²) in [6.45, 7) is 3.18. The van der Waals surface area contributed by atoms with E-state index in [1.165, 1.54) is 0 Å². The van der Waals surface area contributed by atoms with Gasteiger partial charge in [-0.05, 0) is 25.1 Å². The predicted octanol–water partition coefficient (Wildman–Crippen LogP) is 2.21. The minimum Gasteiger partial charge on any atom is -0.492 e. The summed E-state index contributed by atoms with van der Waals surface area (Å²) >= 11 is 6.05. The van der Waals surface area contributed by atoms with E-state index in [0.29, 0.717) is 23.1 Å². The Morgan fingerprint density at radius 3 is 3.06 bits per heavy atom. The van der Waals surface area contributed by atoms with Crippen LogP contribution in [0.4, 0.5) is 5.69 Å². The molecule has 5 heteroatoms. The van der Waals surface area contributed by atoms with Gasteiger partial charge >= 0.3 is 0 Å². The predicted molar refractivity (Wildman–Crippen MR) is 72.2 cm³/mol. The van der Waals surface area contributed by atoms with Crippen LogP contribution in [0.3, 0.4) is 0 Å². The second kappa shape index (κ2) is 5.89. The molecule has 1 amide bonds. The summed E-state index contributed by atoms with van der Waals surface area (Å²) < 4.78 is 5.33. The maximum absolute atomic E-state index is 11.8. The second-order valence-corrected chi connectivity index (χ2v) is 4.29. The number of amides is 1. The normalized spacial score (nSPS) is 17.8. The Bertz CT molecular complexity index is 474. The molecular weight excluding hydrogens is 252 g/mol. The lowest BCUT2D eigenvalue weighted by atomic mass is 10.2. The van der Waals surface area contributed by atoms with Crippen LogP contribution < -0.4 is 15.4 Å². The average molecular weight is 267 g/mol. The van der Waals surface area contributed by atoms with Gasteiger partial charge in [0, 0.05) is 12.2 Å². The van der Waals surface area contributed by atoms with E-state index in [1.807, 2.05) is 19.1 Å². The quantitative estimate of drug-likeness (QED) is 0.822. The molecule has 0 spiro atoms. The molecule has 0 saturated carbocycles. The number of carbonyl (C=O) groups excluding carboxylic acids is 1. The van der Waals surface area contributed by atoms with Gasteiger partial charge in [-0.2, -0.15) is 0 Å². The fourth-order valence-electron chi connectivity index (χ4n) is 1.72. The zero-order valence-electron chi connectivity index (χ0n) is 10.1. The number of ether oxygens (including phenoxy) is 1. The van der Waals surface area contributed by atoms with Crippen LogP contribution >= 0.6 is 11.6 Å². The van der Waals surface area contributed by atoms with Crippen molar-refractivity contribution in [1.82, 2.24) is 5.32 Å². The van der Waals surface area contributed by atoms with Gasteiger partial charge in [0.1, 0.15) is 11.8 Å². The minimum atomic E-state index is -0.268. The third-order valence-corrected chi connectivity index (χ3v) is 2.86. The summed E-state index contributed by atoms with van der Waals surface area (Å²) in [7, 11) is 0. The van der Waals surface area contributed by atoms with Gasteiger partial charge in [-0.1, -0.05) is 23.8 Å². The minimum absolute atomic E-state index is 0.0935. The molecule has 2 rings (SSSR count). The van der Waals surface area contributed by atoms with Crippen LogP contribution in [0.25, 0.3) is 0 Å². The Morgan fingerprint density at radius 1 is 1.61 bits per heavy atom. The van der Waals surface area contributed by atoms with Crippen LogP contribution in [0.2, 0.25) is 5.02 Å². The van der Waals surface area contributed by atoms with E-state index in [1.54, 1.807) is 18.2 Å². The van der Waals surface area contributed by atoms with Gasteiger partial charge in [-0.15, -0.1) is 0 Å². The van der Waals surface area contributed by atoms with Crippen molar-refractivity contribution >= 4 is 23.2 Å². The van der Waals surface area contributed by atoms with Crippen LogP contribution in [0.5, 0.6) is 5.75 Å². The first-order chi connectivity index (χ1) is 8.70. The summed E-state index contributed by atoms with van der Waals surface area (Å²) in [4.78, 5) is 11.8. The number of rotatable bonds is 4. The Balaban J connectivity index is 2.03. The molecule has 0 bridgehead atoms. The number of hydrogen-bond acceptors (Lipinski definition) is 3. The zero-order chi connectivity index (χ0) is 13.0. The molecule has 0 unspecified atom stereocenters. The van der Waals surface area contributed by atoms with Crippen LogP contribution in [-0.2, 0) is 4.79 Å². The summed E-state index contributed by atoms with van der Waals surface area (Å²) in [5.74, 6) is 0.528. The van der Waals surface area contributed by atoms with Crippen molar-refractivity contribution in [1.29, 1.82) is 0 Å². The second-order valence-electron chi connectivity index (χ2n) is 3.88. The smallest absolute Gasteiger partial charge is 0.245 e. The van der Waals surface area contributed by atoms with Crippen LogP contribution in [0.15, 0.2) is 30.4 Å². The Morgan fingerprint density at radius 2 is 2.44 bits per heavy atom. The van der Waals surface area contributed by atoms with Crippen LogP contribution in [0.1, 0.15) is 6.92 Å². The highest BCUT2D eigenvalue weighted by Gasteiger charge is 2.17. The standard InChI is InChI=1S/C13H15ClN2O2/c1-2-18-12-6-5-9(8-10(12)14)16-13(17)11-4-3-7-15-11/h3-6,8,11,15H,2,7H2,1H3,(H,16,17)/t11-/m0/s1. The molecule has 1 aliphatic heterocycles. The molecule has 0 radical (unpaired) electrons. The van der Waals surface area contributed by atoms with E-state index in [2.05, 4.69) is 10.6 Å². The van der Waals surface area contributed by atoms with Gasteiger partial charge in [-0.3, -0.25) is 10.1 Å². The van der Waals surface area contributed by atoms with Crippen molar-refractivity contribution in [3.05, 3.63) is 35.4 Å². The van der Waals surface area contributed by atoms with E-state index < -0.39 is 0 Å². The highest BCUT2D eigenvalue weighted by molar-refractivity contribution is 6.32. The van der Waals surface area contributed by atoms with Crippen LogP contribution in [-0.4, -0.2) is 25.1 Å². The Hall–Kier alpha value is -1.52. The summed E-state index contributed by atoms with van der Waals surface area (Å²) in [6, 6.07) is 4.94. The molecule has 1 atom stereocenters. The maximum Gasteiger partial charge on any atom is 0.245 e. The Labute approximate surface area is 111 Å². The van der Waals surface area contributed by atoms with Crippen molar-refractivity contribution in [2.24, 2.45) is 0 Å². The van der Waals surface area contributed by atoms with Gasteiger partial charge in [0.2, 0.25) is 5.91 Å². The van der Waals surface area contributed by atoms with Gasteiger partial charge in [0.25, 0.3) is 0 Å². The highest BCUT2D eigenvalue weighted by Crippen LogP contribution is 2.27. The zero-order valence-corrected chi connectivity index (χ0v) is 10.8. The molecule has 1 aromatic carbocycles. The Kier molecular flexibility index (Phi) is 4.23. The number of benzene rings is 1. The van der Waals surface area contributed by atoms with Gasteiger partial charge in [-0.25, -0.2) is 0 Å². The van der Waals surface area contributed by atoms with Crippen molar-refractivity contribution in [3.8, 4) is 5.75 Å². The summed E-state index contributed by atoms with van der Waals surface area (Å²) in [5.41, 5.74) is 0.663. The molecule has 0 fully saturated rings. The fourth-order valence-corrected chi connectivity index (χ4v) is 1.95. The molecule has 0 aromatic heterocycles. The van der Waals surface area contributed by atoms with Gasteiger partial charge in [0.15, 0.2) is 0 Å². The molecule has 18 heavy (non-hydrogen) atoms. The molecule has 96 valence electrons. The SMILES string of the molecule is CCOc1ccc(NC(=O)[C@@H]2C=CCN2)cc1Cl.